The van der Waals surface area contributed by atoms with Gasteiger partial charge in [0.1, 0.15) is 5.69 Å². The summed E-state index contributed by atoms with van der Waals surface area (Å²) in [7, 11) is 0. The molecule has 2 N–H and O–H groups in total. The number of ether oxygens (including phenoxy) is 1. The van der Waals surface area contributed by atoms with Crippen molar-refractivity contribution in [1.82, 2.24) is 10.3 Å². The molecule has 114 valence electrons. The number of rotatable bonds is 7. The van der Waals surface area contributed by atoms with Crippen molar-refractivity contribution in [1.29, 1.82) is 0 Å². The van der Waals surface area contributed by atoms with E-state index in [0.717, 1.165) is 19.3 Å². The average Bonchev–Trinajstić information content (AvgIpc) is 3.00. The number of carboxylic acids is 1. The molecule has 0 aliphatic heterocycles. The van der Waals surface area contributed by atoms with Gasteiger partial charge in [0.25, 0.3) is 5.91 Å². The summed E-state index contributed by atoms with van der Waals surface area (Å²) < 4.78 is 5.70. The number of pyridine rings is 1. The Morgan fingerprint density at radius 3 is 2.86 bits per heavy atom. The number of nitrogens with one attached hydrogen (secondary N) is 1. The monoisotopic (exact) mass is 292 g/mol. The molecule has 0 radical (unpaired) electrons. The summed E-state index contributed by atoms with van der Waals surface area (Å²) in [4.78, 5) is 26.3. The van der Waals surface area contributed by atoms with Gasteiger partial charge in [-0.2, -0.15) is 0 Å². The molecular weight excluding hydrogens is 272 g/mol. The van der Waals surface area contributed by atoms with E-state index in [-0.39, 0.29) is 11.6 Å². The van der Waals surface area contributed by atoms with Gasteiger partial charge in [0, 0.05) is 24.9 Å². The lowest BCUT2D eigenvalue weighted by molar-refractivity contribution is 0.0565. The number of carboxylic acid groups (broad SMARTS) is 1. The minimum absolute atomic E-state index is 0.132. The molecule has 1 aromatic rings. The summed E-state index contributed by atoms with van der Waals surface area (Å²) in [6, 6.07) is 2.77. The molecule has 0 bridgehead atoms. The van der Waals surface area contributed by atoms with Gasteiger partial charge < -0.3 is 15.2 Å². The van der Waals surface area contributed by atoms with Gasteiger partial charge in [0.2, 0.25) is 0 Å². The quantitative estimate of drug-likeness (QED) is 0.749. The van der Waals surface area contributed by atoms with Crippen LogP contribution < -0.4 is 5.32 Å². The van der Waals surface area contributed by atoms with Crippen molar-refractivity contribution < 1.29 is 19.4 Å². The second-order valence-electron chi connectivity index (χ2n) is 5.12. The van der Waals surface area contributed by atoms with Crippen molar-refractivity contribution in [3.05, 3.63) is 29.6 Å². The lowest BCUT2D eigenvalue weighted by Gasteiger charge is -2.11. The van der Waals surface area contributed by atoms with Crippen molar-refractivity contribution in [3.63, 3.8) is 0 Å². The molecule has 2 rings (SSSR count). The van der Waals surface area contributed by atoms with Crippen LogP contribution in [0, 0.1) is 0 Å². The third-order valence-corrected chi connectivity index (χ3v) is 3.50. The van der Waals surface area contributed by atoms with E-state index < -0.39 is 5.97 Å². The molecule has 0 atom stereocenters. The Bertz CT molecular complexity index is 498. The summed E-state index contributed by atoms with van der Waals surface area (Å²) in [5, 5.41) is 11.6. The standard InChI is InChI=1S/C15H20N2O4/c18-14(11-6-8-16-13(10-11)15(19)20)17-7-3-9-21-12-4-1-2-5-12/h6,8,10,12H,1-5,7,9H2,(H,17,18)(H,19,20). The molecule has 1 amide bonds. The Morgan fingerprint density at radius 1 is 1.38 bits per heavy atom. The van der Waals surface area contributed by atoms with Gasteiger partial charge in [-0.15, -0.1) is 0 Å². The van der Waals surface area contributed by atoms with Crippen LogP contribution in [0.1, 0.15) is 53.0 Å². The topological polar surface area (TPSA) is 88.5 Å². The minimum Gasteiger partial charge on any atom is -0.477 e. The van der Waals surface area contributed by atoms with Gasteiger partial charge in [-0.1, -0.05) is 12.8 Å². The van der Waals surface area contributed by atoms with Crippen LogP contribution in [0.5, 0.6) is 0 Å². The summed E-state index contributed by atoms with van der Waals surface area (Å²) >= 11 is 0. The van der Waals surface area contributed by atoms with Crippen LogP contribution in [0.25, 0.3) is 0 Å². The molecule has 1 aliphatic carbocycles. The first kappa shape index (κ1) is 15.4. The van der Waals surface area contributed by atoms with Crippen molar-refractivity contribution in [3.8, 4) is 0 Å². The maximum Gasteiger partial charge on any atom is 0.354 e. The normalized spacial score (nSPS) is 15.0. The number of carbonyl (C=O) groups is 2. The van der Waals surface area contributed by atoms with Crippen LogP contribution in [0.15, 0.2) is 18.3 Å². The lowest BCUT2D eigenvalue weighted by atomic mass is 10.2. The molecule has 1 saturated carbocycles. The Morgan fingerprint density at radius 2 is 2.14 bits per heavy atom. The molecule has 0 aromatic carbocycles. The molecule has 6 heteroatoms. The maximum atomic E-state index is 11.9. The molecule has 0 unspecified atom stereocenters. The third kappa shape index (κ3) is 4.82. The molecular formula is C15H20N2O4. The van der Waals surface area contributed by atoms with Gasteiger partial charge >= 0.3 is 5.97 Å². The number of aromatic nitrogens is 1. The highest BCUT2D eigenvalue weighted by Gasteiger charge is 2.15. The van der Waals surface area contributed by atoms with E-state index in [1.807, 2.05) is 0 Å². The number of amides is 1. The fourth-order valence-corrected chi connectivity index (χ4v) is 2.37. The van der Waals surface area contributed by atoms with Crippen LogP contribution in [-0.2, 0) is 4.74 Å². The zero-order chi connectivity index (χ0) is 15.1. The molecule has 1 aliphatic rings. The predicted octanol–water partition coefficient (Wildman–Crippen LogP) is 1.86. The highest BCUT2D eigenvalue weighted by molar-refractivity contribution is 5.96. The highest BCUT2D eigenvalue weighted by atomic mass is 16.5. The van der Waals surface area contributed by atoms with Gasteiger partial charge in [0.05, 0.1) is 6.10 Å². The fraction of sp³-hybridized carbons (Fsp3) is 0.533. The van der Waals surface area contributed by atoms with Crippen molar-refractivity contribution in [2.75, 3.05) is 13.2 Å². The molecule has 0 saturated heterocycles. The largest absolute Gasteiger partial charge is 0.477 e. The van der Waals surface area contributed by atoms with E-state index in [9.17, 15) is 9.59 Å². The van der Waals surface area contributed by atoms with Crippen LogP contribution in [0.2, 0.25) is 0 Å². The minimum atomic E-state index is -1.14. The number of nitrogens with zero attached hydrogens (tertiary/aromatic N) is 1. The Balaban J connectivity index is 1.69. The van der Waals surface area contributed by atoms with E-state index in [1.54, 1.807) is 0 Å². The van der Waals surface area contributed by atoms with Crippen LogP contribution >= 0.6 is 0 Å². The molecule has 1 aromatic heterocycles. The SMILES string of the molecule is O=C(NCCCOC1CCCC1)c1ccnc(C(=O)O)c1. The molecule has 21 heavy (non-hydrogen) atoms. The molecule has 1 fully saturated rings. The zero-order valence-electron chi connectivity index (χ0n) is 11.9. The first-order chi connectivity index (χ1) is 10.2. The van der Waals surface area contributed by atoms with E-state index >= 15 is 0 Å². The summed E-state index contributed by atoms with van der Waals surface area (Å²) in [6.07, 6.45) is 7.23. The van der Waals surface area contributed by atoms with Crippen LogP contribution in [-0.4, -0.2) is 41.2 Å². The van der Waals surface area contributed by atoms with E-state index in [4.69, 9.17) is 9.84 Å². The zero-order valence-corrected chi connectivity index (χ0v) is 11.9. The van der Waals surface area contributed by atoms with Gasteiger partial charge in [-0.3, -0.25) is 4.79 Å². The van der Waals surface area contributed by atoms with Crippen molar-refractivity contribution in [2.24, 2.45) is 0 Å². The smallest absolute Gasteiger partial charge is 0.354 e. The summed E-state index contributed by atoms with van der Waals surface area (Å²) in [5.74, 6) is -1.43. The van der Waals surface area contributed by atoms with Gasteiger partial charge in [-0.25, -0.2) is 9.78 Å². The second-order valence-corrected chi connectivity index (χ2v) is 5.12. The van der Waals surface area contributed by atoms with E-state index in [2.05, 4.69) is 10.3 Å². The first-order valence-corrected chi connectivity index (χ1v) is 7.26. The first-order valence-electron chi connectivity index (χ1n) is 7.26. The van der Waals surface area contributed by atoms with E-state index in [0.29, 0.717) is 24.8 Å². The van der Waals surface area contributed by atoms with Crippen molar-refractivity contribution >= 4 is 11.9 Å². The van der Waals surface area contributed by atoms with E-state index in [1.165, 1.54) is 31.2 Å². The number of hydrogen-bond donors (Lipinski definition) is 2. The Kier molecular flexibility index (Phi) is 5.68. The number of hydrogen-bond acceptors (Lipinski definition) is 4. The van der Waals surface area contributed by atoms with Crippen LogP contribution in [0.3, 0.4) is 0 Å². The Hall–Kier alpha value is -1.95. The fourth-order valence-electron chi connectivity index (χ4n) is 2.37. The van der Waals surface area contributed by atoms with Crippen LogP contribution in [0.4, 0.5) is 0 Å². The molecule has 6 nitrogen and oxygen atoms in total. The average molecular weight is 292 g/mol. The third-order valence-electron chi connectivity index (χ3n) is 3.50. The number of aromatic carboxylic acids is 1. The van der Waals surface area contributed by atoms with Crippen molar-refractivity contribution in [2.45, 2.75) is 38.2 Å². The summed E-state index contributed by atoms with van der Waals surface area (Å²) in [5.41, 5.74) is 0.173. The Labute approximate surface area is 123 Å². The second kappa shape index (κ2) is 7.73. The molecule has 0 spiro atoms. The highest BCUT2D eigenvalue weighted by Crippen LogP contribution is 2.20. The number of carbonyl (C=O) groups excluding carboxylic acids is 1. The van der Waals surface area contributed by atoms with Gasteiger partial charge in [0.15, 0.2) is 0 Å². The summed E-state index contributed by atoms with van der Waals surface area (Å²) in [6.45, 7) is 1.15. The molecule has 1 heterocycles. The maximum absolute atomic E-state index is 11.9. The van der Waals surface area contributed by atoms with Gasteiger partial charge in [-0.05, 0) is 31.4 Å². The predicted molar refractivity (Wildman–Crippen MR) is 76.4 cm³/mol. The lowest BCUT2D eigenvalue weighted by Crippen LogP contribution is -2.26.